The highest BCUT2D eigenvalue weighted by atomic mass is 16.6. The zero-order valence-electron chi connectivity index (χ0n) is 7.40. The summed E-state index contributed by atoms with van der Waals surface area (Å²) in [5.41, 5.74) is 4.21. The number of rotatable bonds is 3. The number of nitrogens with zero attached hydrogens (tertiary/aromatic N) is 1. The van der Waals surface area contributed by atoms with Gasteiger partial charge in [-0.2, -0.15) is 0 Å². The first-order valence-corrected chi connectivity index (χ1v) is 3.69. The van der Waals surface area contributed by atoms with E-state index in [1.807, 2.05) is 0 Å². The first-order valence-electron chi connectivity index (χ1n) is 3.69. The summed E-state index contributed by atoms with van der Waals surface area (Å²) >= 11 is 0. The molecular weight excluding hydrogens is 172 g/mol. The van der Waals surface area contributed by atoms with Crippen molar-refractivity contribution in [3.63, 3.8) is 0 Å². The second kappa shape index (κ2) is 3.86. The molecule has 1 N–H and O–H groups in total. The minimum absolute atomic E-state index is 0.0825. The summed E-state index contributed by atoms with van der Waals surface area (Å²) in [5.74, 6) is 0. The summed E-state index contributed by atoms with van der Waals surface area (Å²) in [5, 5.41) is 10.4. The maximum absolute atomic E-state index is 10.4. The van der Waals surface area contributed by atoms with Gasteiger partial charge >= 0.3 is 0 Å². The lowest BCUT2D eigenvalue weighted by Crippen LogP contribution is -1.98. The molecule has 0 aliphatic carbocycles. The normalized spacial score (nSPS) is 9.69. The smallest absolute Gasteiger partial charge is 0.269 e. The second-order valence-electron chi connectivity index (χ2n) is 2.56. The Hall–Kier alpha value is -1.62. The molecule has 0 spiro atoms. The van der Waals surface area contributed by atoms with Crippen LogP contribution in [0.2, 0.25) is 0 Å². The average molecular weight is 182 g/mol. The van der Waals surface area contributed by atoms with E-state index < -0.39 is 4.92 Å². The Morgan fingerprint density at radius 2 is 2.23 bits per heavy atom. The minimum atomic E-state index is -0.427. The maximum atomic E-state index is 10.4. The molecule has 1 aromatic rings. The van der Waals surface area contributed by atoms with Crippen molar-refractivity contribution in [3.8, 4) is 0 Å². The first kappa shape index (κ1) is 9.47. The van der Waals surface area contributed by atoms with Crippen molar-refractivity contribution in [1.82, 2.24) is 0 Å². The van der Waals surface area contributed by atoms with Gasteiger partial charge in [-0.05, 0) is 18.6 Å². The zero-order chi connectivity index (χ0) is 9.84. The molecule has 0 aliphatic rings. The number of nitrogens with one attached hydrogen (secondary N) is 1. The summed E-state index contributed by atoms with van der Waals surface area (Å²) in [4.78, 5) is 14.6. The Bertz CT molecular complexity index is 325. The van der Waals surface area contributed by atoms with Gasteiger partial charge in [-0.1, -0.05) is 0 Å². The second-order valence-corrected chi connectivity index (χ2v) is 2.56. The molecule has 0 aromatic heterocycles. The van der Waals surface area contributed by atoms with E-state index in [1.165, 1.54) is 19.2 Å². The minimum Gasteiger partial charge on any atom is -0.279 e. The summed E-state index contributed by atoms with van der Waals surface area (Å²) in [6.07, 6.45) is 0. The topological polar surface area (TPSA) is 64.4 Å². The molecule has 0 fully saturated rings. The van der Waals surface area contributed by atoms with Crippen LogP contribution in [0.25, 0.3) is 0 Å². The molecule has 1 rings (SSSR count). The molecule has 70 valence electrons. The van der Waals surface area contributed by atoms with Gasteiger partial charge in [0.25, 0.3) is 5.69 Å². The van der Waals surface area contributed by atoms with Crippen LogP contribution in [0.4, 0.5) is 11.4 Å². The number of hydrogen-bond donors (Lipinski definition) is 1. The van der Waals surface area contributed by atoms with Gasteiger partial charge in [-0.3, -0.25) is 20.4 Å². The van der Waals surface area contributed by atoms with Crippen molar-refractivity contribution in [3.05, 3.63) is 33.9 Å². The molecular formula is C8H10N2O3. The number of nitro groups is 1. The van der Waals surface area contributed by atoms with Crippen molar-refractivity contribution in [1.29, 1.82) is 0 Å². The Kier molecular flexibility index (Phi) is 2.81. The fourth-order valence-electron chi connectivity index (χ4n) is 0.986. The van der Waals surface area contributed by atoms with E-state index in [4.69, 9.17) is 0 Å². The Labute approximate surface area is 75.4 Å². The fraction of sp³-hybridized carbons (Fsp3) is 0.250. The third kappa shape index (κ3) is 2.16. The molecule has 0 atom stereocenters. The van der Waals surface area contributed by atoms with Crippen LogP contribution in [0.5, 0.6) is 0 Å². The van der Waals surface area contributed by atoms with E-state index in [0.29, 0.717) is 0 Å². The molecule has 0 bridgehead atoms. The monoisotopic (exact) mass is 182 g/mol. The van der Waals surface area contributed by atoms with Crippen LogP contribution in [0.3, 0.4) is 0 Å². The largest absolute Gasteiger partial charge is 0.279 e. The van der Waals surface area contributed by atoms with Crippen molar-refractivity contribution in [2.75, 3.05) is 12.6 Å². The van der Waals surface area contributed by atoms with Gasteiger partial charge in [0.2, 0.25) is 0 Å². The Morgan fingerprint density at radius 3 is 2.69 bits per heavy atom. The van der Waals surface area contributed by atoms with Gasteiger partial charge in [0.15, 0.2) is 0 Å². The first-order chi connectivity index (χ1) is 6.15. The highest BCUT2D eigenvalue weighted by Gasteiger charge is 2.06. The lowest BCUT2D eigenvalue weighted by atomic mass is 10.2. The molecule has 5 nitrogen and oxygen atoms in total. The molecule has 0 heterocycles. The van der Waals surface area contributed by atoms with Gasteiger partial charge in [-0.15, -0.1) is 0 Å². The predicted octanol–water partition coefficient (Wildman–Crippen LogP) is 1.88. The Morgan fingerprint density at radius 1 is 1.54 bits per heavy atom. The van der Waals surface area contributed by atoms with Gasteiger partial charge in [0.05, 0.1) is 17.7 Å². The summed E-state index contributed by atoms with van der Waals surface area (Å²) in [7, 11) is 1.49. The summed E-state index contributed by atoms with van der Waals surface area (Å²) < 4.78 is 0. The van der Waals surface area contributed by atoms with E-state index in [9.17, 15) is 10.1 Å². The highest BCUT2D eigenvalue weighted by Crippen LogP contribution is 2.20. The maximum Gasteiger partial charge on any atom is 0.269 e. The van der Waals surface area contributed by atoms with Crippen molar-refractivity contribution in [2.45, 2.75) is 6.92 Å². The van der Waals surface area contributed by atoms with Crippen molar-refractivity contribution in [2.24, 2.45) is 0 Å². The number of non-ortho nitro benzene ring substituents is 1. The average Bonchev–Trinajstić information content (AvgIpc) is 2.08. The zero-order valence-corrected chi connectivity index (χ0v) is 7.40. The summed E-state index contributed by atoms with van der Waals surface area (Å²) in [6, 6.07) is 4.52. The van der Waals surface area contributed by atoms with Gasteiger partial charge < -0.3 is 0 Å². The number of hydrogen-bond acceptors (Lipinski definition) is 4. The molecule has 0 radical (unpaired) electrons. The van der Waals surface area contributed by atoms with E-state index in [0.717, 1.165) is 11.3 Å². The van der Waals surface area contributed by atoms with Crippen LogP contribution in [-0.2, 0) is 4.84 Å². The quantitative estimate of drug-likeness (QED) is 0.572. The number of aryl methyl sites for hydroxylation is 1. The van der Waals surface area contributed by atoms with E-state index in [2.05, 4.69) is 10.3 Å². The van der Waals surface area contributed by atoms with Crippen LogP contribution >= 0.6 is 0 Å². The van der Waals surface area contributed by atoms with E-state index in [1.54, 1.807) is 13.0 Å². The predicted molar refractivity (Wildman–Crippen MR) is 48.5 cm³/mol. The number of nitro benzene ring substituents is 1. The van der Waals surface area contributed by atoms with Crippen LogP contribution in [-0.4, -0.2) is 12.0 Å². The molecule has 0 saturated heterocycles. The lowest BCUT2D eigenvalue weighted by molar-refractivity contribution is -0.384. The van der Waals surface area contributed by atoms with Gasteiger partial charge in [0.1, 0.15) is 0 Å². The van der Waals surface area contributed by atoms with E-state index in [-0.39, 0.29) is 5.69 Å². The van der Waals surface area contributed by atoms with Gasteiger partial charge in [0, 0.05) is 12.1 Å². The third-order valence-corrected chi connectivity index (χ3v) is 1.63. The molecule has 5 heteroatoms. The summed E-state index contributed by atoms with van der Waals surface area (Å²) in [6.45, 7) is 1.77. The highest BCUT2D eigenvalue weighted by molar-refractivity contribution is 5.54. The Balaban J connectivity index is 2.98. The third-order valence-electron chi connectivity index (χ3n) is 1.63. The van der Waals surface area contributed by atoms with Crippen molar-refractivity contribution >= 4 is 11.4 Å². The fourth-order valence-corrected chi connectivity index (χ4v) is 0.986. The van der Waals surface area contributed by atoms with E-state index >= 15 is 0 Å². The number of benzene rings is 1. The number of anilines is 1. The molecule has 0 saturated carbocycles. The lowest BCUT2D eigenvalue weighted by Gasteiger charge is -2.05. The van der Waals surface area contributed by atoms with Crippen LogP contribution in [0, 0.1) is 17.0 Å². The molecule has 0 aliphatic heterocycles. The molecule has 13 heavy (non-hydrogen) atoms. The van der Waals surface area contributed by atoms with Crippen LogP contribution < -0.4 is 5.48 Å². The van der Waals surface area contributed by atoms with Crippen LogP contribution in [0.15, 0.2) is 18.2 Å². The molecule has 0 amide bonds. The standard InChI is InChI=1S/C8H10N2O3/c1-6-5-7(10(11)12)3-4-8(6)9-13-2/h3-5,9H,1-2H3. The molecule has 1 aromatic carbocycles. The molecule has 0 unspecified atom stereocenters. The SMILES string of the molecule is CONc1ccc([N+](=O)[O-])cc1C. The van der Waals surface area contributed by atoms with Crippen LogP contribution in [0.1, 0.15) is 5.56 Å². The van der Waals surface area contributed by atoms with Gasteiger partial charge in [-0.25, -0.2) is 0 Å². The van der Waals surface area contributed by atoms with Crippen molar-refractivity contribution < 1.29 is 9.76 Å².